The second kappa shape index (κ2) is 9.77. The van der Waals surface area contributed by atoms with E-state index >= 15 is 0 Å². The summed E-state index contributed by atoms with van der Waals surface area (Å²) in [5, 5.41) is 7.87. The maximum Gasteiger partial charge on any atom is 0.279 e. The lowest BCUT2D eigenvalue weighted by Crippen LogP contribution is -3.28. The lowest BCUT2D eigenvalue weighted by atomic mass is 10.2. The number of thiophene rings is 1. The number of hydrogen-bond donors (Lipinski definition) is 4. The van der Waals surface area contributed by atoms with Crippen LogP contribution >= 0.6 is 11.3 Å². The molecule has 0 aliphatic carbocycles. The molecule has 1 aliphatic rings. The molecular weight excluding hydrogens is 379 g/mol. The first-order chi connectivity index (χ1) is 13.5. The Labute approximate surface area is 168 Å². The van der Waals surface area contributed by atoms with Crippen LogP contribution in [-0.2, 0) is 9.59 Å². The molecule has 4 N–H and O–H groups in total. The van der Waals surface area contributed by atoms with Crippen molar-refractivity contribution in [2.24, 2.45) is 0 Å². The van der Waals surface area contributed by atoms with Crippen LogP contribution in [0.15, 0.2) is 41.8 Å². The highest BCUT2D eigenvalue weighted by molar-refractivity contribution is 7.10. The number of quaternary nitrogens is 2. The highest BCUT2D eigenvalue weighted by Crippen LogP contribution is 2.17. The summed E-state index contributed by atoms with van der Waals surface area (Å²) >= 11 is 1.64. The first-order valence-electron chi connectivity index (χ1n) is 9.55. The minimum atomic E-state index is -0.323. The van der Waals surface area contributed by atoms with Gasteiger partial charge in [-0.2, -0.15) is 0 Å². The minimum Gasteiger partial charge on any atom is -0.344 e. The first-order valence-corrected chi connectivity index (χ1v) is 10.4. The van der Waals surface area contributed by atoms with Crippen LogP contribution in [0.2, 0.25) is 0 Å². The molecule has 0 spiro atoms. The largest absolute Gasteiger partial charge is 0.344 e. The van der Waals surface area contributed by atoms with Gasteiger partial charge in [0.25, 0.3) is 11.8 Å². The number of rotatable bonds is 7. The van der Waals surface area contributed by atoms with Crippen molar-refractivity contribution in [1.82, 2.24) is 5.32 Å². The highest BCUT2D eigenvalue weighted by Gasteiger charge is 2.26. The normalized spacial score (nSPS) is 20.4. The van der Waals surface area contributed by atoms with Crippen LogP contribution in [0.1, 0.15) is 17.8 Å². The summed E-state index contributed by atoms with van der Waals surface area (Å²) in [7, 11) is 0. The molecule has 1 aliphatic heterocycles. The Morgan fingerprint density at radius 3 is 2.21 bits per heavy atom. The van der Waals surface area contributed by atoms with Gasteiger partial charge in [0.05, 0.1) is 6.04 Å². The predicted octanol–water partition coefficient (Wildman–Crippen LogP) is -0.513. The van der Waals surface area contributed by atoms with E-state index < -0.39 is 0 Å². The first kappa shape index (κ1) is 20.4. The zero-order valence-electron chi connectivity index (χ0n) is 16.0. The van der Waals surface area contributed by atoms with Crippen molar-refractivity contribution in [1.29, 1.82) is 0 Å². The molecule has 1 aromatic carbocycles. The fraction of sp³-hybridized carbons (Fsp3) is 0.400. The summed E-state index contributed by atoms with van der Waals surface area (Å²) in [5.41, 5.74) is 0.603. The molecule has 2 aromatic rings. The maximum atomic E-state index is 12.9. The Morgan fingerprint density at radius 2 is 1.64 bits per heavy atom. The van der Waals surface area contributed by atoms with Crippen molar-refractivity contribution in [2.75, 3.05) is 44.6 Å². The van der Waals surface area contributed by atoms with Gasteiger partial charge in [-0.25, -0.2) is 4.39 Å². The molecule has 150 valence electrons. The van der Waals surface area contributed by atoms with E-state index in [1.165, 1.54) is 21.9 Å². The second-order valence-electron chi connectivity index (χ2n) is 7.21. The van der Waals surface area contributed by atoms with Gasteiger partial charge in [-0.1, -0.05) is 6.07 Å². The van der Waals surface area contributed by atoms with Crippen LogP contribution in [0.5, 0.6) is 0 Å². The van der Waals surface area contributed by atoms with E-state index in [1.807, 2.05) is 24.4 Å². The Hall–Kier alpha value is -2.29. The van der Waals surface area contributed by atoms with Gasteiger partial charge in [0.2, 0.25) is 0 Å². The van der Waals surface area contributed by atoms with Crippen LogP contribution in [0.4, 0.5) is 10.1 Å². The van der Waals surface area contributed by atoms with Crippen molar-refractivity contribution >= 4 is 28.8 Å². The summed E-state index contributed by atoms with van der Waals surface area (Å²) in [6, 6.07) is 9.82. The van der Waals surface area contributed by atoms with E-state index in [-0.39, 0.29) is 23.7 Å². The van der Waals surface area contributed by atoms with E-state index in [0.29, 0.717) is 18.8 Å². The van der Waals surface area contributed by atoms with E-state index in [1.54, 1.807) is 23.5 Å². The van der Waals surface area contributed by atoms with E-state index in [2.05, 4.69) is 10.6 Å². The number of benzene rings is 1. The SMILES string of the molecule is C[C@@H](NC(=O)C[NH+]1CC[NH+](CC(=O)Nc2ccc(F)cc2)CC1)c1cccs1. The maximum absolute atomic E-state index is 12.9. The van der Waals surface area contributed by atoms with Gasteiger partial charge in [-0.15, -0.1) is 11.3 Å². The number of halogens is 1. The van der Waals surface area contributed by atoms with Gasteiger partial charge in [-0.05, 0) is 42.6 Å². The summed E-state index contributed by atoms with van der Waals surface area (Å²) in [6.07, 6.45) is 0. The smallest absolute Gasteiger partial charge is 0.279 e. The number of nitrogens with one attached hydrogen (secondary N) is 4. The van der Waals surface area contributed by atoms with Gasteiger partial charge in [-0.3, -0.25) is 9.59 Å². The van der Waals surface area contributed by atoms with Crippen molar-refractivity contribution in [3.8, 4) is 0 Å². The third kappa shape index (κ3) is 6.12. The molecule has 6 nitrogen and oxygen atoms in total. The third-order valence-electron chi connectivity index (χ3n) is 4.96. The Kier molecular flexibility index (Phi) is 7.13. The third-order valence-corrected chi connectivity index (χ3v) is 6.02. The van der Waals surface area contributed by atoms with Crippen LogP contribution in [0.25, 0.3) is 0 Å². The average Bonchev–Trinajstić information content (AvgIpc) is 3.20. The zero-order valence-corrected chi connectivity index (χ0v) is 16.8. The molecule has 2 heterocycles. The Morgan fingerprint density at radius 1 is 1.04 bits per heavy atom. The number of carbonyl (C=O) groups excluding carboxylic acids is 2. The molecule has 0 radical (unpaired) electrons. The Bertz CT molecular complexity index is 774. The van der Waals surface area contributed by atoms with Gasteiger partial charge < -0.3 is 20.4 Å². The van der Waals surface area contributed by atoms with Crippen LogP contribution < -0.4 is 20.4 Å². The predicted molar refractivity (Wildman–Crippen MR) is 107 cm³/mol. The van der Waals surface area contributed by atoms with E-state index in [0.717, 1.165) is 31.1 Å². The van der Waals surface area contributed by atoms with Crippen molar-refractivity contribution in [3.05, 3.63) is 52.5 Å². The van der Waals surface area contributed by atoms with Crippen molar-refractivity contribution in [2.45, 2.75) is 13.0 Å². The number of anilines is 1. The molecule has 8 heteroatoms. The highest BCUT2D eigenvalue weighted by atomic mass is 32.1. The molecular formula is C20H27FN4O2S+2. The molecule has 1 fully saturated rings. The minimum absolute atomic E-state index is 0.0361. The number of carbonyl (C=O) groups is 2. The molecule has 1 atom stereocenters. The number of hydrogen-bond acceptors (Lipinski definition) is 3. The van der Waals surface area contributed by atoms with Crippen molar-refractivity contribution in [3.63, 3.8) is 0 Å². The molecule has 28 heavy (non-hydrogen) atoms. The fourth-order valence-corrected chi connectivity index (χ4v) is 4.14. The standard InChI is InChI=1S/C20H25FN4O2S/c1-15(18-3-2-12-28-18)22-19(26)13-24-8-10-25(11-9-24)14-20(27)23-17-6-4-16(21)5-7-17/h2-7,12,15H,8-11,13-14H2,1H3,(H,22,26)(H,23,27)/p+2/t15-/m1/s1. The van der Waals surface area contributed by atoms with Crippen LogP contribution in [0, 0.1) is 5.82 Å². The fourth-order valence-electron chi connectivity index (χ4n) is 3.40. The van der Waals surface area contributed by atoms with Gasteiger partial charge in [0.15, 0.2) is 13.1 Å². The quantitative estimate of drug-likeness (QED) is 0.500. The van der Waals surface area contributed by atoms with E-state index in [4.69, 9.17) is 0 Å². The molecule has 1 saturated heterocycles. The molecule has 2 amide bonds. The van der Waals surface area contributed by atoms with Gasteiger partial charge in [0.1, 0.15) is 32.0 Å². The van der Waals surface area contributed by atoms with Gasteiger partial charge >= 0.3 is 0 Å². The summed E-state index contributed by atoms with van der Waals surface area (Å²) in [4.78, 5) is 28.1. The molecule has 0 unspecified atom stereocenters. The molecule has 1 aromatic heterocycles. The lowest BCUT2D eigenvalue weighted by molar-refractivity contribution is -1.00. The topological polar surface area (TPSA) is 67.1 Å². The zero-order chi connectivity index (χ0) is 19.9. The second-order valence-corrected chi connectivity index (χ2v) is 8.19. The summed E-state index contributed by atoms with van der Waals surface area (Å²) in [6.45, 7) is 6.26. The lowest BCUT2D eigenvalue weighted by Gasteiger charge is -2.29. The molecule has 3 rings (SSSR count). The van der Waals surface area contributed by atoms with Crippen molar-refractivity contribution < 1.29 is 23.8 Å². The van der Waals surface area contributed by atoms with Crippen LogP contribution in [0.3, 0.4) is 0 Å². The summed E-state index contributed by atoms with van der Waals surface area (Å²) in [5.74, 6) is -0.336. The van der Waals surface area contributed by atoms with E-state index in [9.17, 15) is 14.0 Å². The monoisotopic (exact) mass is 406 g/mol. The van der Waals surface area contributed by atoms with Crippen LogP contribution in [-0.4, -0.2) is 51.1 Å². The number of amides is 2. The summed E-state index contributed by atoms with van der Waals surface area (Å²) < 4.78 is 12.9. The average molecular weight is 407 g/mol. The Balaban J connectivity index is 1.36. The molecule has 0 bridgehead atoms. The van der Waals surface area contributed by atoms with Gasteiger partial charge in [0, 0.05) is 10.6 Å². The molecule has 0 saturated carbocycles. The number of piperazine rings is 1.